The molecule has 1 aromatic rings. The van der Waals surface area contributed by atoms with Gasteiger partial charge in [0.15, 0.2) is 5.96 Å². The number of ether oxygens (including phenoxy) is 2. The van der Waals surface area contributed by atoms with Gasteiger partial charge in [0.2, 0.25) is 0 Å². The fraction of sp³-hybridized carbons (Fsp3) is 0.611. The second-order valence-electron chi connectivity index (χ2n) is 6.05. The Kier molecular flexibility index (Phi) is 11.2. The zero-order chi connectivity index (χ0) is 17.2. The van der Waals surface area contributed by atoms with Gasteiger partial charge >= 0.3 is 0 Å². The van der Waals surface area contributed by atoms with Crippen LogP contribution < -0.4 is 10.1 Å². The third kappa shape index (κ3) is 8.46. The van der Waals surface area contributed by atoms with Crippen LogP contribution in [-0.4, -0.2) is 57.9 Å². The maximum absolute atomic E-state index is 5.94. The minimum absolute atomic E-state index is 0. The molecule has 1 aliphatic heterocycles. The third-order valence-corrected chi connectivity index (χ3v) is 4.47. The van der Waals surface area contributed by atoms with Crippen LogP contribution in [0.4, 0.5) is 0 Å². The van der Waals surface area contributed by atoms with Crippen molar-refractivity contribution in [1.82, 2.24) is 10.2 Å². The molecule has 7 heteroatoms. The number of hydrogen-bond donors (Lipinski definition) is 1. The van der Waals surface area contributed by atoms with E-state index in [1.807, 2.05) is 31.3 Å². The highest BCUT2D eigenvalue weighted by Gasteiger charge is 2.15. The van der Waals surface area contributed by atoms with Crippen LogP contribution >= 0.6 is 35.6 Å². The van der Waals surface area contributed by atoms with Gasteiger partial charge in [-0.05, 0) is 43.4 Å². The van der Waals surface area contributed by atoms with Gasteiger partial charge < -0.3 is 19.7 Å². The van der Waals surface area contributed by atoms with Crippen LogP contribution in [0.2, 0.25) is 5.02 Å². The van der Waals surface area contributed by atoms with Gasteiger partial charge in [0.05, 0.1) is 6.54 Å². The van der Waals surface area contributed by atoms with E-state index in [-0.39, 0.29) is 24.0 Å². The lowest BCUT2D eigenvalue weighted by Crippen LogP contribution is -2.41. The number of nitrogens with one attached hydrogen (secondary N) is 1. The zero-order valence-electron chi connectivity index (χ0n) is 15.0. The summed E-state index contributed by atoms with van der Waals surface area (Å²) in [6.07, 6.45) is 3.53. The normalized spacial score (nSPS) is 15.4. The summed E-state index contributed by atoms with van der Waals surface area (Å²) in [4.78, 5) is 6.52. The summed E-state index contributed by atoms with van der Waals surface area (Å²) in [6, 6.07) is 7.44. The number of aliphatic imine (C=N–C) groups is 1. The Labute approximate surface area is 173 Å². The van der Waals surface area contributed by atoms with E-state index in [0.29, 0.717) is 18.2 Å². The van der Waals surface area contributed by atoms with Gasteiger partial charge in [-0.15, -0.1) is 24.0 Å². The highest BCUT2D eigenvalue weighted by atomic mass is 127. The fourth-order valence-corrected chi connectivity index (χ4v) is 2.97. The lowest BCUT2D eigenvalue weighted by molar-refractivity contribution is 0.0625. The molecular weight excluding hydrogens is 453 g/mol. The van der Waals surface area contributed by atoms with E-state index < -0.39 is 0 Å². The van der Waals surface area contributed by atoms with E-state index in [0.717, 1.165) is 37.4 Å². The van der Waals surface area contributed by atoms with Crippen molar-refractivity contribution in [2.45, 2.75) is 19.3 Å². The third-order valence-electron chi connectivity index (χ3n) is 4.24. The van der Waals surface area contributed by atoms with E-state index in [1.54, 1.807) is 0 Å². The summed E-state index contributed by atoms with van der Waals surface area (Å²) < 4.78 is 11.1. The van der Waals surface area contributed by atoms with Gasteiger partial charge in [0, 0.05) is 38.9 Å². The second kappa shape index (κ2) is 12.6. The number of guanidine groups is 1. The molecule has 1 aromatic carbocycles. The van der Waals surface area contributed by atoms with Crippen molar-refractivity contribution in [3.63, 3.8) is 0 Å². The summed E-state index contributed by atoms with van der Waals surface area (Å²) in [6.45, 7) is 4.07. The molecule has 0 aliphatic carbocycles. The zero-order valence-corrected chi connectivity index (χ0v) is 18.1. The molecule has 1 fully saturated rings. The topological polar surface area (TPSA) is 46.1 Å². The molecule has 0 radical (unpaired) electrons. The highest BCUT2D eigenvalue weighted by Crippen LogP contribution is 2.18. The molecule has 0 bridgehead atoms. The van der Waals surface area contributed by atoms with Crippen LogP contribution in [0, 0.1) is 5.92 Å². The lowest BCUT2D eigenvalue weighted by atomic mass is 9.96. The van der Waals surface area contributed by atoms with Gasteiger partial charge in [0.25, 0.3) is 0 Å². The summed E-state index contributed by atoms with van der Waals surface area (Å²) in [5.41, 5.74) is 0. The first kappa shape index (κ1) is 22.3. The van der Waals surface area contributed by atoms with Crippen molar-refractivity contribution in [3.8, 4) is 5.75 Å². The predicted octanol–water partition coefficient (Wildman–Crippen LogP) is 3.66. The number of rotatable bonds is 7. The SMILES string of the molecule is CN=C(NCCOc1cccc(Cl)c1)N(C)CCC1CCOCC1.I. The van der Waals surface area contributed by atoms with Crippen molar-refractivity contribution in [2.24, 2.45) is 10.9 Å². The van der Waals surface area contributed by atoms with E-state index in [2.05, 4.69) is 22.3 Å². The molecular formula is C18H29ClIN3O2. The van der Waals surface area contributed by atoms with E-state index in [1.165, 1.54) is 19.3 Å². The average molecular weight is 482 g/mol. The molecule has 1 N–H and O–H groups in total. The molecule has 25 heavy (non-hydrogen) atoms. The van der Waals surface area contributed by atoms with E-state index >= 15 is 0 Å². The Morgan fingerprint density at radius 2 is 2.16 bits per heavy atom. The first-order valence-corrected chi connectivity index (χ1v) is 8.94. The molecule has 0 spiro atoms. The van der Waals surface area contributed by atoms with Gasteiger partial charge in [-0.1, -0.05) is 17.7 Å². The maximum Gasteiger partial charge on any atom is 0.193 e. The molecule has 1 heterocycles. The van der Waals surface area contributed by atoms with Crippen molar-refractivity contribution in [2.75, 3.05) is 47.0 Å². The number of benzene rings is 1. The molecule has 1 aliphatic rings. The van der Waals surface area contributed by atoms with E-state index in [9.17, 15) is 0 Å². The summed E-state index contributed by atoms with van der Waals surface area (Å²) in [5.74, 6) is 2.45. The lowest BCUT2D eigenvalue weighted by Gasteiger charge is -2.26. The monoisotopic (exact) mass is 481 g/mol. The first-order chi connectivity index (χ1) is 11.7. The van der Waals surface area contributed by atoms with Crippen LogP contribution in [0.25, 0.3) is 0 Å². The van der Waals surface area contributed by atoms with Gasteiger partial charge in [-0.2, -0.15) is 0 Å². The summed E-state index contributed by atoms with van der Waals surface area (Å²) in [7, 11) is 3.89. The number of nitrogens with zero attached hydrogens (tertiary/aromatic N) is 2. The van der Waals surface area contributed by atoms with Gasteiger partial charge in [-0.25, -0.2) is 0 Å². The molecule has 0 unspecified atom stereocenters. The largest absolute Gasteiger partial charge is 0.492 e. The minimum Gasteiger partial charge on any atom is -0.492 e. The van der Waals surface area contributed by atoms with Crippen LogP contribution in [0.5, 0.6) is 5.75 Å². The quantitative estimate of drug-likeness (QED) is 0.279. The van der Waals surface area contributed by atoms with Gasteiger partial charge in [0.1, 0.15) is 12.4 Å². The Morgan fingerprint density at radius 3 is 2.84 bits per heavy atom. The molecule has 0 aromatic heterocycles. The standard InChI is InChI=1S/C18H28ClN3O2.HI/c1-20-18(22(2)10-6-15-7-11-23-12-8-15)21-9-13-24-17-5-3-4-16(19)14-17;/h3-5,14-15H,6-13H2,1-2H3,(H,20,21);1H. The minimum atomic E-state index is 0. The molecule has 2 rings (SSSR count). The molecule has 0 atom stereocenters. The van der Waals surface area contributed by atoms with Crippen LogP contribution in [-0.2, 0) is 4.74 Å². The smallest absolute Gasteiger partial charge is 0.193 e. The van der Waals surface area contributed by atoms with Crippen molar-refractivity contribution in [1.29, 1.82) is 0 Å². The van der Waals surface area contributed by atoms with E-state index in [4.69, 9.17) is 21.1 Å². The van der Waals surface area contributed by atoms with Crippen LogP contribution in [0.1, 0.15) is 19.3 Å². The second-order valence-corrected chi connectivity index (χ2v) is 6.48. The molecule has 0 saturated carbocycles. The van der Waals surface area contributed by atoms with Crippen molar-refractivity contribution in [3.05, 3.63) is 29.3 Å². The van der Waals surface area contributed by atoms with Crippen LogP contribution in [0.3, 0.4) is 0 Å². The Bertz CT molecular complexity index is 525. The van der Waals surface area contributed by atoms with Crippen LogP contribution in [0.15, 0.2) is 29.3 Å². The molecule has 142 valence electrons. The fourth-order valence-electron chi connectivity index (χ4n) is 2.79. The molecule has 1 saturated heterocycles. The summed E-state index contributed by atoms with van der Waals surface area (Å²) >= 11 is 5.94. The van der Waals surface area contributed by atoms with Crippen molar-refractivity contribution >= 4 is 41.5 Å². The molecule has 5 nitrogen and oxygen atoms in total. The Balaban J connectivity index is 0.00000312. The predicted molar refractivity (Wildman–Crippen MR) is 115 cm³/mol. The maximum atomic E-state index is 5.94. The number of hydrogen-bond acceptors (Lipinski definition) is 3. The summed E-state index contributed by atoms with van der Waals surface area (Å²) in [5, 5.41) is 4.02. The highest BCUT2D eigenvalue weighted by molar-refractivity contribution is 14.0. The number of halogens is 2. The Morgan fingerprint density at radius 1 is 1.40 bits per heavy atom. The van der Waals surface area contributed by atoms with Crippen molar-refractivity contribution < 1.29 is 9.47 Å². The van der Waals surface area contributed by atoms with Gasteiger partial charge in [-0.3, -0.25) is 4.99 Å². The molecule has 0 amide bonds. The average Bonchev–Trinajstić information content (AvgIpc) is 2.61. The first-order valence-electron chi connectivity index (χ1n) is 8.57. The Hall–Kier alpha value is -0.730.